The third-order valence-corrected chi connectivity index (χ3v) is 2.91. The van der Waals surface area contributed by atoms with E-state index in [0.29, 0.717) is 5.56 Å². The van der Waals surface area contributed by atoms with Crippen molar-refractivity contribution in [1.82, 2.24) is 0 Å². The van der Waals surface area contributed by atoms with E-state index in [1.165, 1.54) is 0 Å². The molecule has 0 amide bonds. The number of esters is 2. The van der Waals surface area contributed by atoms with E-state index in [-0.39, 0.29) is 25.4 Å². The summed E-state index contributed by atoms with van der Waals surface area (Å²) < 4.78 is 9.67. The zero-order valence-corrected chi connectivity index (χ0v) is 12.5. The SMILES string of the molecule is CCOC(=O)C(CC(=O)c1ccc(C)cc1)C(=O)OCC. The predicted molar refractivity (Wildman–Crippen MR) is 76.9 cm³/mol. The van der Waals surface area contributed by atoms with Crippen molar-refractivity contribution in [3.63, 3.8) is 0 Å². The number of rotatable bonds is 7. The van der Waals surface area contributed by atoms with Gasteiger partial charge >= 0.3 is 11.9 Å². The lowest BCUT2D eigenvalue weighted by Crippen LogP contribution is -2.30. The van der Waals surface area contributed by atoms with Crippen LogP contribution in [0.15, 0.2) is 24.3 Å². The number of aryl methyl sites for hydroxylation is 1. The number of carbonyl (C=O) groups is 3. The first kappa shape index (κ1) is 16.9. The normalized spacial score (nSPS) is 10.3. The van der Waals surface area contributed by atoms with E-state index in [2.05, 4.69) is 0 Å². The molecule has 5 nitrogen and oxygen atoms in total. The molecule has 0 aliphatic carbocycles. The van der Waals surface area contributed by atoms with Gasteiger partial charge in [-0.05, 0) is 20.8 Å². The van der Waals surface area contributed by atoms with E-state index in [1.54, 1.807) is 38.1 Å². The molecule has 1 aromatic carbocycles. The van der Waals surface area contributed by atoms with E-state index in [0.717, 1.165) is 5.56 Å². The molecule has 0 fully saturated rings. The van der Waals surface area contributed by atoms with E-state index in [9.17, 15) is 14.4 Å². The van der Waals surface area contributed by atoms with Crippen LogP contribution in [-0.4, -0.2) is 30.9 Å². The van der Waals surface area contributed by atoms with E-state index in [4.69, 9.17) is 9.47 Å². The molecule has 0 aliphatic heterocycles. The van der Waals surface area contributed by atoms with Crippen molar-refractivity contribution in [2.45, 2.75) is 27.2 Å². The molecule has 0 aliphatic rings. The van der Waals surface area contributed by atoms with Gasteiger partial charge in [-0.15, -0.1) is 0 Å². The van der Waals surface area contributed by atoms with Gasteiger partial charge < -0.3 is 9.47 Å². The minimum absolute atomic E-state index is 0.146. The molecule has 0 radical (unpaired) electrons. The van der Waals surface area contributed by atoms with Gasteiger partial charge in [-0.1, -0.05) is 29.8 Å². The van der Waals surface area contributed by atoms with Crippen molar-refractivity contribution >= 4 is 17.7 Å². The molecule has 0 aromatic heterocycles. The highest BCUT2D eigenvalue weighted by molar-refractivity contribution is 6.04. The maximum atomic E-state index is 12.2. The summed E-state index contributed by atoms with van der Waals surface area (Å²) in [5.74, 6) is -2.95. The van der Waals surface area contributed by atoms with Gasteiger partial charge in [0.1, 0.15) is 0 Å². The highest BCUT2D eigenvalue weighted by atomic mass is 16.6. The first-order chi connectivity index (χ1) is 9.99. The summed E-state index contributed by atoms with van der Waals surface area (Å²) in [6.45, 7) is 5.49. The summed E-state index contributed by atoms with van der Waals surface area (Å²) >= 11 is 0. The van der Waals surface area contributed by atoms with Crippen LogP contribution >= 0.6 is 0 Å². The van der Waals surface area contributed by atoms with E-state index >= 15 is 0 Å². The zero-order valence-electron chi connectivity index (χ0n) is 12.5. The van der Waals surface area contributed by atoms with Gasteiger partial charge in [0.15, 0.2) is 11.7 Å². The van der Waals surface area contributed by atoms with Crippen molar-refractivity contribution < 1.29 is 23.9 Å². The van der Waals surface area contributed by atoms with Crippen LogP contribution in [0.3, 0.4) is 0 Å². The second-order valence-corrected chi connectivity index (χ2v) is 4.55. The number of benzene rings is 1. The summed E-state index contributed by atoms with van der Waals surface area (Å²) in [7, 11) is 0. The fourth-order valence-electron chi connectivity index (χ4n) is 1.79. The lowest BCUT2D eigenvalue weighted by molar-refractivity contribution is -0.161. The molecule has 114 valence electrons. The first-order valence-corrected chi connectivity index (χ1v) is 6.92. The van der Waals surface area contributed by atoms with Crippen molar-refractivity contribution in [3.05, 3.63) is 35.4 Å². The Bertz CT molecular complexity index is 486. The zero-order chi connectivity index (χ0) is 15.8. The number of hydrogen-bond donors (Lipinski definition) is 0. The monoisotopic (exact) mass is 292 g/mol. The van der Waals surface area contributed by atoms with Crippen LogP contribution in [0.25, 0.3) is 0 Å². The summed E-state index contributed by atoms with van der Waals surface area (Å²) in [6, 6.07) is 6.95. The molecule has 21 heavy (non-hydrogen) atoms. The Morgan fingerprint density at radius 1 is 0.952 bits per heavy atom. The molecule has 1 aromatic rings. The molecular weight excluding hydrogens is 272 g/mol. The average Bonchev–Trinajstić information content (AvgIpc) is 2.45. The van der Waals surface area contributed by atoms with E-state index in [1.807, 2.05) is 6.92 Å². The van der Waals surface area contributed by atoms with Gasteiger partial charge in [-0.25, -0.2) is 0 Å². The summed E-state index contributed by atoms with van der Waals surface area (Å²) in [6.07, 6.45) is -0.249. The molecule has 0 heterocycles. The van der Waals surface area contributed by atoms with Gasteiger partial charge in [0.25, 0.3) is 0 Å². The Morgan fingerprint density at radius 3 is 1.86 bits per heavy atom. The fourth-order valence-corrected chi connectivity index (χ4v) is 1.79. The van der Waals surface area contributed by atoms with Crippen LogP contribution in [0.4, 0.5) is 0 Å². The smallest absolute Gasteiger partial charge is 0.320 e. The third-order valence-electron chi connectivity index (χ3n) is 2.91. The number of hydrogen-bond acceptors (Lipinski definition) is 5. The minimum Gasteiger partial charge on any atom is -0.465 e. The number of ketones is 1. The van der Waals surface area contributed by atoms with Crippen LogP contribution in [0, 0.1) is 12.8 Å². The quantitative estimate of drug-likeness (QED) is 0.438. The lowest BCUT2D eigenvalue weighted by atomic mass is 9.97. The molecule has 0 atom stereocenters. The van der Waals surface area contributed by atoms with Gasteiger partial charge in [0.05, 0.1) is 13.2 Å². The summed E-state index contributed by atoms with van der Waals surface area (Å²) in [5, 5.41) is 0. The highest BCUT2D eigenvalue weighted by Gasteiger charge is 2.32. The number of ether oxygens (including phenoxy) is 2. The Morgan fingerprint density at radius 2 is 1.43 bits per heavy atom. The van der Waals surface area contributed by atoms with Crippen LogP contribution in [-0.2, 0) is 19.1 Å². The number of Topliss-reactive ketones (excluding diaryl/α,β-unsaturated/α-hetero) is 1. The second-order valence-electron chi connectivity index (χ2n) is 4.55. The molecule has 5 heteroatoms. The lowest BCUT2D eigenvalue weighted by Gasteiger charge is -2.13. The maximum absolute atomic E-state index is 12.2. The third kappa shape index (κ3) is 5.02. The van der Waals surface area contributed by atoms with Crippen molar-refractivity contribution in [2.24, 2.45) is 5.92 Å². The van der Waals surface area contributed by atoms with Crippen LogP contribution in [0.1, 0.15) is 36.2 Å². The van der Waals surface area contributed by atoms with Crippen LogP contribution < -0.4 is 0 Å². The predicted octanol–water partition coefficient (Wildman–Crippen LogP) is 2.31. The topological polar surface area (TPSA) is 69.7 Å². The Kier molecular flexibility index (Phi) is 6.59. The fraction of sp³-hybridized carbons (Fsp3) is 0.438. The Balaban J connectivity index is 2.84. The van der Waals surface area contributed by atoms with Gasteiger partial charge in [0.2, 0.25) is 0 Å². The second kappa shape index (κ2) is 8.19. The molecule has 0 spiro atoms. The standard InChI is InChI=1S/C16H20O5/c1-4-20-15(18)13(16(19)21-5-2)10-14(17)12-8-6-11(3)7-9-12/h6-9,13H,4-5,10H2,1-3H3. The van der Waals surface area contributed by atoms with Crippen LogP contribution in [0.5, 0.6) is 0 Å². The average molecular weight is 292 g/mol. The highest BCUT2D eigenvalue weighted by Crippen LogP contribution is 2.15. The van der Waals surface area contributed by atoms with Gasteiger partial charge in [-0.2, -0.15) is 0 Å². The summed E-state index contributed by atoms with van der Waals surface area (Å²) in [5.41, 5.74) is 1.48. The van der Waals surface area contributed by atoms with Crippen molar-refractivity contribution in [3.8, 4) is 0 Å². The molecule has 0 bridgehead atoms. The first-order valence-electron chi connectivity index (χ1n) is 6.92. The van der Waals surface area contributed by atoms with Gasteiger partial charge in [-0.3, -0.25) is 14.4 Å². The Hall–Kier alpha value is -2.17. The maximum Gasteiger partial charge on any atom is 0.320 e. The van der Waals surface area contributed by atoms with E-state index < -0.39 is 17.9 Å². The van der Waals surface area contributed by atoms with Gasteiger partial charge in [0, 0.05) is 12.0 Å². The summed E-state index contributed by atoms with van der Waals surface area (Å²) in [4.78, 5) is 35.8. The largest absolute Gasteiger partial charge is 0.465 e. The molecule has 0 saturated heterocycles. The Labute approximate surface area is 124 Å². The molecule has 0 unspecified atom stereocenters. The van der Waals surface area contributed by atoms with Crippen LogP contribution in [0.2, 0.25) is 0 Å². The number of carbonyl (C=O) groups excluding carboxylic acids is 3. The molecule has 0 saturated carbocycles. The minimum atomic E-state index is -1.21. The molecule has 0 N–H and O–H groups in total. The molecular formula is C16H20O5. The van der Waals surface area contributed by atoms with Crippen molar-refractivity contribution in [1.29, 1.82) is 0 Å². The van der Waals surface area contributed by atoms with Crippen molar-refractivity contribution in [2.75, 3.05) is 13.2 Å². The molecule has 1 rings (SSSR count).